The van der Waals surface area contributed by atoms with Gasteiger partial charge >= 0.3 is 6.09 Å². The average molecular weight is 462 g/mol. The molecule has 13 heteroatoms. The van der Waals surface area contributed by atoms with Crippen molar-refractivity contribution in [2.24, 2.45) is 0 Å². The van der Waals surface area contributed by atoms with Gasteiger partial charge in [-0.2, -0.15) is 15.0 Å². The zero-order chi connectivity index (χ0) is 23.2. The van der Waals surface area contributed by atoms with Gasteiger partial charge in [-0.1, -0.05) is 13.3 Å². The first-order chi connectivity index (χ1) is 16.0. The molecule has 0 radical (unpaired) electrons. The third kappa shape index (κ3) is 5.41. The van der Waals surface area contributed by atoms with Crippen LogP contribution in [0.4, 0.5) is 13.6 Å². The van der Waals surface area contributed by atoms with E-state index >= 15 is 0 Å². The molecule has 11 nitrogen and oxygen atoms in total. The summed E-state index contributed by atoms with van der Waals surface area (Å²) in [7, 11) is 0. The molecule has 176 valence electrons. The largest absolute Gasteiger partial charge is 0.484 e. The summed E-state index contributed by atoms with van der Waals surface area (Å²) in [5.41, 5.74) is 0.873. The summed E-state index contributed by atoms with van der Waals surface area (Å²) in [6.45, 7) is 2.56. The number of hydrogen-bond acceptors (Lipinski definition) is 8. The van der Waals surface area contributed by atoms with Gasteiger partial charge in [0.25, 0.3) is 0 Å². The molecule has 1 amide bonds. The van der Waals surface area contributed by atoms with Crippen molar-refractivity contribution in [3.05, 3.63) is 42.2 Å². The molecular formula is C20H24F2N8O3. The highest BCUT2D eigenvalue weighted by atomic mass is 19.1. The Balaban J connectivity index is 1.31. The predicted molar refractivity (Wildman–Crippen MR) is 110 cm³/mol. The fourth-order valence-electron chi connectivity index (χ4n) is 3.43. The topological polar surface area (TPSA) is 113 Å². The van der Waals surface area contributed by atoms with Crippen molar-refractivity contribution in [2.75, 3.05) is 19.7 Å². The summed E-state index contributed by atoms with van der Waals surface area (Å²) < 4.78 is 41.1. The highest BCUT2D eigenvalue weighted by Gasteiger charge is 2.34. The van der Waals surface area contributed by atoms with Crippen molar-refractivity contribution < 1.29 is 23.0 Å². The average Bonchev–Trinajstić information content (AvgIpc) is 3.51. The number of amides is 1. The van der Waals surface area contributed by atoms with Crippen LogP contribution in [0, 0.1) is 5.82 Å². The number of hydrogen-bond donors (Lipinski definition) is 0. The van der Waals surface area contributed by atoms with Crippen LogP contribution in [0.5, 0.6) is 5.75 Å². The van der Waals surface area contributed by atoms with Gasteiger partial charge in [-0.25, -0.2) is 18.3 Å². The highest BCUT2D eigenvalue weighted by Crippen LogP contribution is 2.25. The number of likely N-dealkylation sites (tertiary alicyclic amines) is 1. The summed E-state index contributed by atoms with van der Waals surface area (Å²) in [5, 5.41) is 19.1. The van der Waals surface area contributed by atoms with Crippen LogP contribution in [-0.4, -0.2) is 72.1 Å². The van der Waals surface area contributed by atoms with Gasteiger partial charge in [-0.05, 0) is 35.4 Å². The lowest BCUT2D eigenvalue weighted by molar-refractivity contribution is 0.0511. The molecule has 2 aromatic heterocycles. The summed E-state index contributed by atoms with van der Waals surface area (Å²) >= 11 is 0. The molecular weight excluding hydrogens is 438 g/mol. The summed E-state index contributed by atoms with van der Waals surface area (Å²) in [5.74, 6) is -0.558. The first-order valence-corrected chi connectivity index (χ1v) is 10.7. The van der Waals surface area contributed by atoms with Gasteiger partial charge in [0.2, 0.25) is 0 Å². The van der Waals surface area contributed by atoms with Crippen LogP contribution in [0.25, 0.3) is 5.69 Å². The quantitative estimate of drug-likeness (QED) is 0.469. The van der Waals surface area contributed by atoms with Gasteiger partial charge in [-0.15, -0.1) is 5.10 Å². The minimum atomic E-state index is -1.34. The number of tetrazole rings is 1. The number of rotatable bonds is 8. The van der Waals surface area contributed by atoms with Gasteiger partial charge in [-0.3, -0.25) is 0 Å². The Hall–Kier alpha value is -3.64. The highest BCUT2D eigenvalue weighted by molar-refractivity contribution is 5.67. The van der Waals surface area contributed by atoms with E-state index in [9.17, 15) is 13.6 Å². The van der Waals surface area contributed by atoms with Crippen molar-refractivity contribution in [3.63, 3.8) is 0 Å². The van der Waals surface area contributed by atoms with Crippen LogP contribution >= 0.6 is 0 Å². The number of alkyl halides is 1. The second-order valence-electron chi connectivity index (χ2n) is 7.60. The number of unbranched alkanes of at least 4 members (excludes halogenated alkanes) is 1. The molecule has 4 rings (SSSR count). The Bertz CT molecular complexity index is 1060. The number of piperidine rings is 1. The lowest BCUT2D eigenvalue weighted by Crippen LogP contribution is -2.46. The van der Waals surface area contributed by atoms with Gasteiger partial charge < -0.3 is 14.4 Å². The van der Waals surface area contributed by atoms with E-state index in [1.54, 1.807) is 6.07 Å². The van der Waals surface area contributed by atoms with Crippen LogP contribution in [0.1, 0.15) is 37.9 Å². The molecule has 0 aliphatic carbocycles. The molecule has 33 heavy (non-hydrogen) atoms. The Morgan fingerprint density at radius 3 is 2.94 bits per heavy atom. The maximum absolute atomic E-state index is 14.8. The zero-order valence-electron chi connectivity index (χ0n) is 18.0. The van der Waals surface area contributed by atoms with Crippen molar-refractivity contribution in [1.29, 1.82) is 0 Å². The van der Waals surface area contributed by atoms with E-state index in [0.717, 1.165) is 12.8 Å². The lowest BCUT2D eigenvalue weighted by Gasteiger charge is -2.33. The minimum Gasteiger partial charge on any atom is -0.484 e. The van der Waals surface area contributed by atoms with E-state index < -0.39 is 24.1 Å². The molecule has 0 N–H and O–H groups in total. The number of aromatic nitrogens is 7. The van der Waals surface area contributed by atoms with Crippen LogP contribution in [0.3, 0.4) is 0 Å². The molecule has 3 heterocycles. The second-order valence-corrected chi connectivity index (χ2v) is 7.60. The Labute approximate surface area is 188 Å². The molecule has 1 aromatic carbocycles. The van der Waals surface area contributed by atoms with E-state index in [1.165, 1.54) is 39.0 Å². The first-order valence-electron chi connectivity index (χ1n) is 10.7. The van der Waals surface area contributed by atoms with Gasteiger partial charge in [0.05, 0.1) is 25.0 Å². The zero-order valence-corrected chi connectivity index (χ0v) is 18.0. The molecule has 1 aliphatic rings. The minimum absolute atomic E-state index is 0.0274. The number of halogens is 2. The number of carbonyl (C=O) groups is 1. The van der Waals surface area contributed by atoms with Crippen LogP contribution in [0.2, 0.25) is 0 Å². The Morgan fingerprint density at radius 2 is 2.21 bits per heavy atom. The molecule has 2 atom stereocenters. The summed E-state index contributed by atoms with van der Waals surface area (Å²) in [6.07, 6.45) is 3.01. The molecule has 2 unspecified atom stereocenters. The molecule has 3 aromatic rings. The van der Waals surface area contributed by atoms with Gasteiger partial charge in [0.1, 0.15) is 30.8 Å². The Morgan fingerprint density at radius 1 is 1.33 bits per heavy atom. The number of ether oxygens (including phenoxy) is 2. The van der Waals surface area contributed by atoms with Gasteiger partial charge in [0.15, 0.2) is 11.6 Å². The lowest BCUT2D eigenvalue weighted by atomic mass is 10.0. The third-order valence-electron chi connectivity index (χ3n) is 5.25. The molecule has 1 saturated heterocycles. The third-order valence-corrected chi connectivity index (χ3v) is 5.25. The smallest absolute Gasteiger partial charge is 0.409 e. The van der Waals surface area contributed by atoms with Crippen molar-refractivity contribution in [2.45, 2.75) is 45.0 Å². The fourth-order valence-corrected chi connectivity index (χ4v) is 3.43. The first kappa shape index (κ1) is 22.6. The maximum atomic E-state index is 14.8. The number of nitrogens with zero attached hydrogens (tertiary/aromatic N) is 8. The molecule has 0 bridgehead atoms. The van der Waals surface area contributed by atoms with Crippen molar-refractivity contribution >= 4 is 6.09 Å². The van der Waals surface area contributed by atoms with Crippen LogP contribution in [0.15, 0.2) is 30.7 Å². The normalized spacial score (nSPS) is 18.3. The number of benzene rings is 1. The van der Waals surface area contributed by atoms with E-state index in [0.29, 0.717) is 31.0 Å². The van der Waals surface area contributed by atoms with Crippen LogP contribution in [-0.2, 0) is 11.3 Å². The summed E-state index contributed by atoms with van der Waals surface area (Å²) in [6, 6.07) is 3.71. The molecule has 0 spiro atoms. The standard InChI is InChI=1S/C20H24F2N8O3/c1-2-3-8-32-20(31)28-7-6-18(17(22)11-28)30-24-10-14(25-30)12-33-19-5-4-15(9-16(19)21)29-13-23-26-27-29/h4-5,9-10,13,17-18H,2-3,6-8,11-12H2,1H3. The SMILES string of the molecule is CCCCOC(=O)N1CCC(n2ncc(COc3ccc(-n4cnnn4)cc3F)n2)C(F)C1. The second kappa shape index (κ2) is 10.3. The van der Waals surface area contributed by atoms with Gasteiger partial charge in [0, 0.05) is 12.6 Å². The van der Waals surface area contributed by atoms with E-state index in [1.807, 2.05) is 6.92 Å². The Kier molecular flexibility index (Phi) is 7.05. The van der Waals surface area contributed by atoms with Crippen molar-refractivity contribution in [1.82, 2.24) is 40.1 Å². The van der Waals surface area contributed by atoms with E-state index in [-0.39, 0.29) is 18.9 Å². The summed E-state index contributed by atoms with van der Waals surface area (Å²) in [4.78, 5) is 14.7. The predicted octanol–water partition coefficient (Wildman–Crippen LogP) is 2.49. The maximum Gasteiger partial charge on any atom is 0.409 e. The van der Waals surface area contributed by atoms with E-state index in [2.05, 4.69) is 25.7 Å². The number of carbonyl (C=O) groups excluding carboxylic acids is 1. The monoisotopic (exact) mass is 462 g/mol. The molecule has 0 saturated carbocycles. The van der Waals surface area contributed by atoms with Crippen molar-refractivity contribution in [3.8, 4) is 11.4 Å². The molecule has 1 fully saturated rings. The van der Waals surface area contributed by atoms with Crippen LogP contribution < -0.4 is 4.74 Å². The van der Waals surface area contributed by atoms with E-state index in [4.69, 9.17) is 9.47 Å². The molecule has 1 aliphatic heterocycles. The fraction of sp³-hybridized carbons (Fsp3) is 0.500.